The van der Waals surface area contributed by atoms with Gasteiger partial charge in [-0.05, 0) is 18.2 Å². The molecule has 0 atom stereocenters. The lowest BCUT2D eigenvalue weighted by molar-refractivity contribution is -0.137. The molecular weight excluding hydrogens is 429 g/mol. The van der Waals surface area contributed by atoms with Crippen molar-refractivity contribution in [3.8, 4) is 0 Å². The predicted octanol–water partition coefficient (Wildman–Crippen LogP) is 3.61. The molecule has 1 amide bonds. The molecule has 1 aliphatic rings. The molecule has 0 bridgehead atoms. The number of rotatable bonds is 4. The van der Waals surface area contributed by atoms with Crippen molar-refractivity contribution in [2.24, 2.45) is 0 Å². The second kappa shape index (κ2) is 8.62. The topological polar surface area (TPSA) is 67.2 Å². The molecule has 6 nitrogen and oxygen atoms in total. The first-order valence-electron chi connectivity index (χ1n) is 9.63. The summed E-state index contributed by atoms with van der Waals surface area (Å²) in [5.74, 6) is 1.67. The Labute approximate surface area is 180 Å². The molecule has 0 saturated carbocycles. The summed E-state index contributed by atoms with van der Waals surface area (Å²) in [6.07, 6.45) is -4.61. The number of fused-ring (bicyclic) bond motifs is 1. The molecule has 0 spiro atoms. The van der Waals surface area contributed by atoms with Gasteiger partial charge in [0.05, 0.1) is 16.6 Å². The Morgan fingerprint density at radius 2 is 1.68 bits per heavy atom. The van der Waals surface area contributed by atoms with Gasteiger partial charge < -0.3 is 10.2 Å². The molecule has 0 radical (unpaired) electrons. The lowest BCUT2D eigenvalue weighted by Crippen LogP contribution is -2.37. The van der Waals surface area contributed by atoms with Crippen LogP contribution in [-0.4, -0.2) is 40.3 Å². The summed E-state index contributed by atoms with van der Waals surface area (Å²) in [7, 11) is 0. The van der Waals surface area contributed by atoms with Gasteiger partial charge in [0.2, 0.25) is 5.91 Å². The number of carbonyl (C=O) groups is 1. The number of amides is 1. The second-order valence-corrected chi connectivity index (χ2v) is 8.25. The molecule has 0 unspecified atom stereocenters. The Morgan fingerprint density at radius 1 is 1.03 bits per heavy atom. The summed E-state index contributed by atoms with van der Waals surface area (Å²) in [6.45, 7) is 1.02. The lowest BCUT2D eigenvalue weighted by atomic mass is 10.1. The lowest BCUT2D eigenvalue weighted by Gasteiger charge is -2.28. The van der Waals surface area contributed by atoms with Crippen molar-refractivity contribution in [3.05, 3.63) is 64.4 Å². The van der Waals surface area contributed by atoms with Crippen molar-refractivity contribution in [1.29, 1.82) is 0 Å². The normalized spacial score (nSPS) is 14.6. The fourth-order valence-electron chi connectivity index (χ4n) is 3.50. The average molecular weight is 448 g/mol. The SMILES string of the molecule is O=C(Cn1nc(N2CCSCC2)c2ccccc2c1=O)Nc1ccccc1C(F)(F)F. The smallest absolute Gasteiger partial charge is 0.353 e. The number of nitrogens with one attached hydrogen (secondary N) is 1. The van der Waals surface area contributed by atoms with Gasteiger partial charge in [-0.25, -0.2) is 4.68 Å². The molecule has 0 aliphatic carbocycles. The highest BCUT2D eigenvalue weighted by Gasteiger charge is 2.33. The van der Waals surface area contributed by atoms with E-state index in [0.717, 1.165) is 35.3 Å². The van der Waals surface area contributed by atoms with Gasteiger partial charge in [0, 0.05) is 30.0 Å². The Morgan fingerprint density at radius 3 is 2.39 bits per heavy atom. The molecule has 162 valence electrons. The number of aromatic nitrogens is 2. The Bertz CT molecular complexity index is 1170. The van der Waals surface area contributed by atoms with Crippen LogP contribution in [0.1, 0.15) is 5.56 Å². The zero-order valence-electron chi connectivity index (χ0n) is 16.4. The summed E-state index contributed by atoms with van der Waals surface area (Å²) >= 11 is 1.83. The van der Waals surface area contributed by atoms with Gasteiger partial charge in [-0.2, -0.15) is 30.0 Å². The second-order valence-electron chi connectivity index (χ2n) is 7.02. The quantitative estimate of drug-likeness (QED) is 0.661. The zero-order chi connectivity index (χ0) is 22.0. The number of anilines is 2. The molecule has 31 heavy (non-hydrogen) atoms. The maximum Gasteiger partial charge on any atom is 0.418 e. The van der Waals surface area contributed by atoms with Crippen LogP contribution in [0.4, 0.5) is 24.7 Å². The van der Waals surface area contributed by atoms with E-state index in [1.165, 1.54) is 18.2 Å². The number of alkyl halides is 3. The van der Waals surface area contributed by atoms with Crippen molar-refractivity contribution in [1.82, 2.24) is 9.78 Å². The van der Waals surface area contributed by atoms with Crippen LogP contribution in [0.2, 0.25) is 0 Å². The average Bonchev–Trinajstić information content (AvgIpc) is 2.76. The fraction of sp³-hybridized carbons (Fsp3) is 0.286. The first kappa shape index (κ1) is 21.2. The molecule has 1 aromatic heterocycles. The van der Waals surface area contributed by atoms with E-state index >= 15 is 0 Å². The van der Waals surface area contributed by atoms with Crippen LogP contribution in [-0.2, 0) is 17.5 Å². The minimum absolute atomic E-state index is 0.359. The standard InChI is InChI=1S/C21H19F3N4O2S/c22-21(23,24)16-7-3-4-8-17(16)25-18(29)13-28-20(30)15-6-2-1-5-14(15)19(26-28)27-9-11-31-12-10-27/h1-8H,9-13H2,(H,25,29). The summed E-state index contributed by atoms with van der Waals surface area (Å²) in [5.41, 5.74) is -1.78. The summed E-state index contributed by atoms with van der Waals surface area (Å²) < 4.78 is 40.6. The molecule has 1 saturated heterocycles. The fourth-order valence-corrected chi connectivity index (χ4v) is 4.40. The highest BCUT2D eigenvalue weighted by Crippen LogP contribution is 2.34. The molecule has 1 N–H and O–H groups in total. The highest BCUT2D eigenvalue weighted by atomic mass is 32.2. The molecule has 2 aromatic carbocycles. The molecule has 4 rings (SSSR count). The molecule has 2 heterocycles. The maximum absolute atomic E-state index is 13.2. The van der Waals surface area contributed by atoms with Crippen LogP contribution < -0.4 is 15.8 Å². The summed E-state index contributed by atoms with van der Waals surface area (Å²) in [6, 6.07) is 11.7. The molecular formula is C21H19F3N4O2S. The number of thioether (sulfide) groups is 1. The third kappa shape index (κ3) is 4.53. The van der Waals surface area contributed by atoms with Crippen LogP contribution >= 0.6 is 11.8 Å². The summed E-state index contributed by atoms with van der Waals surface area (Å²) in [5, 5.41) is 7.78. The molecule has 1 fully saturated rings. The van der Waals surface area contributed by atoms with E-state index in [1.54, 1.807) is 12.1 Å². The number of hydrogen-bond acceptors (Lipinski definition) is 5. The van der Waals surface area contributed by atoms with Crippen LogP contribution in [0.25, 0.3) is 10.8 Å². The van der Waals surface area contributed by atoms with E-state index in [-0.39, 0.29) is 5.69 Å². The van der Waals surface area contributed by atoms with Crippen molar-refractivity contribution in [3.63, 3.8) is 0 Å². The van der Waals surface area contributed by atoms with Crippen molar-refractivity contribution < 1.29 is 18.0 Å². The molecule has 1 aliphatic heterocycles. The van der Waals surface area contributed by atoms with E-state index in [1.807, 2.05) is 23.9 Å². The largest absolute Gasteiger partial charge is 0.418 e. The molecule has 10 heteroatoms. The first-order chi connectivity index (χ1) is 14.8. The van der Waals surface area contributed by atoms with Gasteiger partial charge in [0.25, 0.3) is 5.56 Å². The zero-order valence-corrected chi connectivity index (χ0v) is 17.2. The highest BCUT2D eigenvalue weighted by molar-refractivity contribution is 7.99. The third-order valence-corrected chi connectivity index (χ3v) is 5.90. The van der Waals surface area contributed by atoms with E-state index in [0.29, 0.717) is 16.6 Å². The van der Waals surface area contributed by atoms with Gasteiger partial charge in [0.1, 0.15) is 6.54 Å². The number of nitrogens with zero attached hydrogens (tertiary/aromatic N) is 3. The van der Waals surface area contributed by atoms with Crippen molar-refractivity contribution in [2.45, 2.75) is 12.7 Å². The number of hydrogen-bond donors (Lipinski definition) is 1. The van der Waals surface area contributed by atoms with E-state index < -0.39 is 29.8 Å². The van der Waals surface area contributed by atoms with Crippen molar-refractivity contribution >= 4 is 39.9 Å². The summed E-state index contributed by atoms with van der Waals surface area (Å²) in [4.78, 5) is 27.5. The van der Waals surface area contributed by atoms with E-state index in [2.05, 4.69) is 15.3 Å². The third-order valence-electron chi connectivity index (χ3n) is 4.96. The minimum Gasteiger partial charge on any atom is -0.353 e. The monoisotopic (exact) mass is 448 g/mol. The Balaban J connectivity index is 1.67. The van der Waals surface area contributed by atoms with E-state index in [4.69, 9.17) is 0 Å². The van der Waals surface area contributed by atoms with Crippen LogP contribution in [0.15, 0.2) is 53.3 Å². The van der Waals surface area contributed by atoms with Crippen molar-refractivity contribution in [2.75, 3.05) is 34.8 Å². The van der Waals surface area contributed by atoms with Gasteiger partial charge >= 0.3 is 6.18 Å². The van der Waals surface area contributed by atoms with Gasteiger partial charge in [-0.1, -0.05) is 30.3 Å². The predicted molar refractivity (Wildman–Crippen MR) is 116 cm³/mol. The number of para-hydroxylation sites is 1. The number of carbonyl (C=O) groups excluding carboxylic acids is 1. The number of benzene rings is 2. The van der Waals surface area contributed by atoms with Crippen LogP contribution in [0.3, 0.4) is 0 Å². The van der Waals surface area contributed by atoms with Crippen LogP contribution in [0.5, 0.6) is 0 Å². The first-order valence-corrected chi connectivity index (χ1v) is 10.8. The molecule has 3 aromatic rings. The van der Waals surface area contributed by atoms with Gasteiger partial charge in [-0.3, -0.25) is 9.59 Å². The van der Waals surface area contributed by atoms with E-state index in [9.17, 15) is 22.8 Å². The Kier molecular flexibility index (Phi) is 5.90. The minimum atomic E-state index is -4.61. The Hall–Kier alpha value is -3.01. The van der Waals surface area contributed by atoms with Gasteiger partial charge in [0.15, 0.2) is 5.82 Å². The van der Waals surface area contributed by atoms with Crippen LogP contribution in [0, 0.1) is 0 Å². The number of halogens is 3. The maximum atomic E-state index is 13.2. The van der Waals surface area contributed by atoms with Gasteiger partial charge in [-0.15, -0.1) is 0 Å².